The zero-order valence-electron chi connectivity index (χ0n) is 11.0. The van der Waals surface area contributed by atoms with E-state index >= 15 is 0 Å². The number of aromatic amines is 1. The van der Waals surface area contributed by atoms with Gasteiger partial charge in [-0.3, -0.25) is 4.79 Å². The molecular weight excluding hydrogens is 292 g/mol. The largest absolute Gasteiger partial charge is 0.493 e. The number of amides is 1. The third-order valence-electron chi connectivity index (χ3n) is 3.22. The van der Waals surface area contributed by atoms with E-state index in [1.165, 1.54) is 11.3 Å². The van der Waals surface area contributed by atoms with E-state index in [-0.39, 0.29) is 5.91 Å². The van der Waals surface area contributed by atoms with E-state index in [0.717, 1.165) is 40.6 Å². The number of aromatic nitrogens is 1. The minimum Gasteiger partial charge on any atom is -0.493 e. The van der Waals surface area contributed by atoms with Crippen LogP contribution in [0, 0.1) is 10.9 Å². The number of carbonyl (C=O) groups excluding carboxylic acids is 1. The summed E-state index contributed by atoms with van der Waals surface area (Å²) in [5, 5.41) is 2.92. The van der Waals surface area contributed by atoms with E-state index in [1.54, 1.807) is 0 Å². The van der Waals surface area contributed by atoms with Crippen LogP contribution >= 0.6 is 23.6 Å². The summed E-state index contributed by atoms with van der Waals surface area (Å²) >= 11 is 6.53. The summed E-state index contributed by atoms with van der Waals surface area (Å²) in [5.41, 5.74) is 2.94. The van der Waals surface area contributed by atoms with Crippen molar-refractivity contribution in [1.82, 2.24) is 4.98 Å². The Morgan fingerprint density at radius 2 is 2.40 bits per heavy atom. The Morgan fingerprint density at radius 1 is 1.55 bits per heavy atom. The molecule has 4 nitrogen and oxygen atoms in total. The molecule has 2 heterocycles. The van der Waals surface area contributed by atoms with Gasteiger partial charge in [0.1, 0.15) is 5.75 Å². The van der Waals surface area contributed by atoms with Crippen LogP contribution in [-0.2, 0) is 17.6 Å². The summed E-state index contributed by atoms with van der Waals surface area (Å²) in [4.78, 5) is 16.1. The van der Waals surface area contributed by atoms with Crippen molar-refractivity contribution in [1.29, 1.82) is 0 Å². The Hall–Kier alpha value is -1.66. The molecule has 0 bridgehead atoms. The minimum absolute atomic E-state index is 0.0304. The Bertz CT molecular complexity index is 718. The number of fused-ring (bicyclic) bond motifs is 1. The summed E-state index contributed by atoms with van der Waals surface area (Å²) in [7, 11) is 0. The van der Waals surface area contributed by atoms with Gasteiger partial charge in [0, 0.05) is 22.7 Å². The number of hydrogen-bond acceptors (Lipinski definition) is 4. The van der Waals surface area contributed by atoms with Crippen molar-refractivity contribution in [3.05, 3.63) is 38.3 Å². The molecule has 0 saturated carbocycles. The minimum atomic E-state index is -0.0304. The highest BCUT2D eigenvalue weighted by molar-refractivity contribution is 7.73. The molecule has 1 aliphatic heterocycles. The van der Waals surface area contributed by atoms with Crippen molar-refractivity contribution < 1.29 is 9.53 Å². The van der Waals surface area contributed by atoms with Crippen molar-refractivity contribution >= 4 is 35.1 Å². The maximum Gasteiger partial charge on any atom is 0.229 e. The molecule has 0 atom stereocenters. The molecule has 1 aliphatic rings. The Balaban J connectivity index is 1.70. The molecule has 0 saturated heterocycles. The standard InChI is InChI=1S/C14H14N2O2S2/c1-8-12(20-14(19)15-8)7-13(17)16-10-2-3-11-9(6-10)4-5-18-11/h2-3,6H,4-5,7H2,1H3,(H,15,19)(H,16,17). The SMILES string of the molecule is Cc1[nH]c(=S)sc1CC(=O)Nc1ccc2c(c1)CCO2. The van der Waals surface area contributed by atoms with Crippen LogP contribution in [0.2, 0.25) is 0 Å². The van der Waals surface area contributed by atoms with Crippen molar-refractivity contribution in [2.75, 3.05) is 11.9 Å². The predicted molar refractivity (Wildman–Crippen MR) is 82.2 cm³/mol. The molecule has 2 aromatic rings. The second-order valence-corrected chi connectivity index (χ2v) is 6.48. The normalized spacial score (nSPS) is 12.8. The molecule has 104 valence electrons. The quantitative estimate of drug-likeness (QED) is 0.856. The van der Waals surface area contributed by atoms with E-state index in [1.807, 2.05) is 25.1 Å². The number of benzene rings is 1. The molecule has 0 unspecified atom stereocenters. The summed E-state index contributed by atoms with van der Waals surface area (Å²) in [6.07, 6.45) is 1.24. The lowest BCUT2D eigenvalue weighted by molar-refractivity contribution is -0.115. The first-order valence-corrected chi connectivity index (χ1v) is 7.58. The summed E-state index contributed by atoms with van der Waals surface area (Å²) < 4.78 is 6.15. The summed E-state index contributed by atoms with van der Waals surface area (Å²) in [5.74, 6) is 0.889. The molecule has 2 N–H and O–H groups in total. The fourth-order valence-corrected chi connectivity index (χ4v) is 3.51. The molecule has 6 heteroatoms. The van der Waals surface area contributed by atoms with Gasteiger partial charge in [-0.2, -0.15) is 0 Å². The molecule has 1 amide bonds. The van der Waals surface area contributed by atoms with Crippen LogP contribution < -0.4 is 10.1 Å². The van der Waals surface area contributed by atoms with Crippen molar-refractivity contribution in [2.24, 2.45) is 0 Å². The van der Waals surface area contributed by atoms with Gasteiger partial charge in [0.25, 0.3) is 0 Å². The van der Waals surface area contributed by atoms with Gasteiger partial charge >= 0.3 is 0 Å². The zero-order chi connectivity index (χ0) is 14.1. The van der Waals surface area contributed by atoms with Gasteiger partial charge in [-0.05, 0) is 42.9 Å². The number of carbonyl (C=O) groups is 1. The summed E-state index contributed by atoms with van der Waals surface area (Å²) in [6, 6.07) is 5.75. The molecule has 0 aliphatic carbocycles. The molecule has 20 heavy (non-hydrogen) atoms. The maximum atomic E-state index is 12.1. The average Bonchev–Trinajstić information content (AvgIpc) is 2.96. The average molecular weight is 306 g/mol. The van der Waals surface area contributed by atoms with Crippen LogP contribution in [-0.4, -0.2) is 17.5 Å². The van der Waals surface area contributed by atoms with Crippen LogP contribution in [0.4, 0.5) is 5.69 Å². The monoisotopic (exact) mass is 306 g/mol. The molecule has 3 rings (SSSR count). The molecule has 0 spiro atoms. The fraction of sp³-hybridized carbons (Fsp3) is 0.286. The van der Waals surface area contributed by atoms with Gasteiger partial charge in [-0.25, -0.2) is 0 Å². The third-order valence-corrected chi connectivity index (χ3v) is 4.55. The first-order valence-electron chi connectivity index (χ1n) is 6.36. The highest BCUT2D eigenvalue weighted by Gasteiger charge is 2.14. The Labute approximate surface area is 125 Å². The van der Waals surface area contributed by atoms with Gasteiger partial charge in [0.05, 0.1) is 13.0 Å². The van der Waals surface area contributed by atoms with E-state index in [9.17, 15) is 4.79 Å². The van der Waals surface area contributed by atoms with Crippen molar-refractivity contribution in [3.63, 3.8) is 0 Å². The number of rotatable bonds is 3. The Kier molecular flexibility index (Phi) is 3.58. The summed E-state index contributed by atoms with van der Waals surface area (Å²) in [6.45, 7) is 2.65. The number of ether oxygens (including phenoxy) is 1. The smallest absolute Gasteiger partial charge is 0.229 e. The van der Waals surface area contributed by atoms with Crippen molar-refractivity contribution in [2.45, 2.75) is 19.8 Å². The maximum absolute atomic E-state index is 12.1. The highest BCUT2D eigenvalue weighted by atomic mass is 32.1. The predicted octanol–water partition coefficient (Wildman–Crippen LogP) is 3.23. The van der Waals surface area contributed by atoms with Crippen molar-refractivity contribution in [3.8, 4) is 5.75 Å². The number of H-pyrrole nitrogens is 1. The van der Waals surface area contributed by atoms with E-state index < -0.39 is 0 Å². The number of aryl methyl sites for hydroxylation is 1. The molecule has 0 fully saturated rings. The molecule has 1 aromatic carbocycles. The number of thiazole rings is 1. The first kappa shape index (κ1) is 13.3. The van der Waals surface area contributed by atoms with Gasteiger partial charge < -0.3 is 15.0 Å². The third kappa shape index (κ3) is 2.76. The first-order chi connectivity index (χ1) is 9.61. The fourth-order valence-electron chi connectivity index (χ4n) is 2.22. The van der Waals surface area contributed by atoms with Crippen LogP contribution in [0.25, 0.3) is 0 Å². The lowest BCUT2D eigenvalue weighted by atomic mass is 10.1. The van der Waals surface area contributed by atoms with Gasteiger partial charge in [0.2, 0.25) is 5.91 Å². The lowest BCUT2D eigenvalue weighted by Crippen LogP contribution is -2.14. The van der Waals surface area contributed by atoms with E-state index in [0.29, 0.717) is 10.4 Å². The van der Waals surface area contributed by atoms with Crippen LogP contribution in [0.1, 0.15) is 16.1 Å². The number of hydrogen-bond donors (Lipinski definition) is 2. The van der Waals surface area contributed by atoms with Crippen LogP contribution in [0.5, 0.6) is 5.75 Å². The van der Waals surface area contributed by atoms with E-state index in [4.69, 9.17) is 17.0 Å². The molecular formula is C14H14N2O2S2. The van der Waals surface area contributed by atoms with Crippen LogP contribution in [0.3, 0.4) is 0 Å². The van der Waals surface area contributed by atoms with Gasteiger partial charge in [-0.15, -0.1) is 11.3 Å². The van der Waals surface area contributed by atoms with Gasteiger partial charge in [0.15, 0.2) is 3.95 Å². The van der Waals surface area contributed by atoms with Gasteiger partial charge in [-0.1, -0.05) is 0 Å². The number of nitrogens with one attached hydrogen (secondary N) is 2. The van der Waals surface area contributed by atoms with E-state index in [2.05, 4.69) is 10.3 Å². The topological polar surface area (TPSA) is 54.1 Å². The Morgan fingerprint density at radius 3 is 3.15 bits per heavy atom. The highest BCUT2D eigenvalue weighted by Crippen LogP contribution is 2.28. The lowest BCUT2D eigenvalue weighted by Gasteiger charge is -2.06. The number of anilines is 1. The second kappa shape index (κ2) is 5.38. The molecule has 1 aromatic heterocycles. The zero-order valence-corrected chi connectivity index (χ0v) is 12.6. The molecule has 0 radical (unpaired) electrons. The van der Waals surface area contributed by atoms with Crippen LogP contribution in [0.15, 0.2) is 18.2 Å². The second-order valence-electron chi connectivity index (χ2n) is 4.71.